The third-order valence-corrected chi connectivity index (χ3v) is 6.38. The molecule has 1 aromatic carbocycles. The van der Waals surface area contributed by atoms with E-state index in [2.05, 4.69) is 5.32 Å². The third kappa shape index (κ3) is 3.29. The van der Waals surface area contributed by atoms with Crippen LogP contribution < -0.4 is 5.32 Å². The maximum absolute atomic E-state index is 13.6. The van der Waals surface area contributed by atoms with Crippen molar-refractivity contribution in [2.45, 2.75) is 31.6 Å². The minimum Gasteiger partial charge on any atom is -0.465 e. The van der Waals surface area contributed by atoms with Crippen LogP contribution in [0.1, 0.15) is 42.0 Å². The lowest BCUT2D eigenvalue weighted by molar-refractivity contribution is -0.152. The molecule has 4 rings (SSSR count). The van der Waals surface area contributed by atoms with Crippen LogP contribution in [0.15, 0.2) is 59.1 Å². The van der Waals surface area contributed by atoms with Crippen molar-refractivity contribution in [3.8, 4) is 0 Å². The van der Waals surface area contributed by atoms with Gasteiger partial charge in [-0.15, -0.1) is 11.3 Å². The van der Waals surface area contributed by atoms with E-state index < -0.39 is 11.9 Å². The number of benzene rings is 1. The summed E-state index contributed by atoms with van der Waals surface area (Å²) in [6.07, 6.45) is 0.647. The van der Waals surface area contributed by atoms with E-state index in [0.717, 1.165) is 10.4 Å². The van der Waals surface area contributed by atoms with E-state index in [1.54, 1.807) is 6.92 Å². The molecular weight excluding hydrogens is 374 g/mol. The number of Topliss-reactive ketones (excluding diaryl/α,β-unsaturated/α-hetero) is 1. The zero-order valence-corrected chi connectivity index (χ0v) is 16.3. The highest BCUT2D eigenvalue weighted by Crippen LogP contribution is 2.46. The molecule has 6 heteroatoms. The lowest BCUT2D eigenvalue weighted by Gasteiger charge is -2.37. The summed E-state index contributed by atoms with van der Waals surface area (Å²) in [5.74, 6) is -2.34. The first kappa shape index (κ1) is 18.6. The molecule has 0 unspecified atom stereocenters. The fraction of sp³-hybridized carbons (Fsp3) is 0.318. The summed E-state index contributed by atoms with van der Waals surface area (Å²) in [6, 6.07) is 13.4. The molecule has 1 aromatic heterocycles. The van der Waals surface area contributed by atoms with Gasteiger partial charge < -0.3 is 10.1 Å². The van der Waals surface area contributed by atoms with Crippen LogP contribution in [0, 0.1) is 5.92 Å². The van der Waals surface area contributed by atoms with Crippen molar-refractivity contribution in [1.82, 2.24) is 5.32 Å². The number of allylic oxidation sites excluding steroid dienone is 2. The molecule has 28 heavy (non-hydrogen) atoms. The molecule has 1 amide bonds. The summed E-state index contributed by atoms with van der Waals surface area (Å²) in [7, 11) is 0. The highest BCUT2D eigenvalue weighted by Gasteiger charge is 2.47. The molecule has 144 valence electrons. The van der Waals surface area contributed by atoms with Gasteiger partial charge >= 0.3 is 5.97 Å². The van der Waals surface area contributed by atoms with Gasteiger partial charge in [0.2, 0.25) is 5.91 Å². The Balaban J connectivity index is 1.81. The standard InChI is InChI=1S/C22H21NO4S/c1-2-27-22(26)20-15(17-9-6-10-28-17)11-16-19(21(20)25)14(12-18(24)23-16)13-7-4-3-5-8-13/h3-10,14-15,20H,2,11-12H2,1H3,(H,23,24)/t14-,15-,20-/m1/s1. The number of hydrogen-bond donors (Lipinski definition) is 1. The van der Waals surface area contributed by atoms with E-state index in [9.17, 15) is 14.4 Å². The van der Waals surface area contributed by atoms with Crippen LogP contribution in [-0.2, 0) is 19.1 Å². The van der Waals surface area contributed by atoms with E-state index >= 15 is 0 Å². The summed E-state index contributed by atoms with van der Waals surface area (Å²) < 4.78 is 5.26. The molecule has 0 spiro atoms. The molecule has 2 heterocycles. The largest absolute Gasteiger partial charge is 0.465 e. The van der Waals surface area contributed by atoms with Gasteiger partial charge in [-0.3, -0.25) is 14.4 Å². The van der Waals surface area contributed by atoms with Crippen LogP contribution in [0.5, 0.6) is 0 Å². The van der Waals surface area contributed by atoms with Crippen molar-refractivity contribution in [3.63, 3.8) is 0 Å². The normalized spacial score (nSPS) is 24.5. The smallest absolute Gasteiger partial charge is 0.317 e. The predicted molar refractivity (Wildman–Crippen MR) is 106 cm³/mol. The van der Waals surface area contributed by atoms with Crippen LogP contribution in [0.25, 0.3) is 0 Å². The summed E-state index contributed by atoms with van der Waals surface area (Å²) in [4.78, 5) is 39.6. The summed E-state index contributed by atoms with van der Waals surface area (Å²) in [6.45, 7) is 1.97. The van der Waals surface area contributed by atoms with E-state index in [-0.39, 0.29) is 36.6 Å². The Bertz CT molecular complexity index is 933. The molecule has 0 radical (unpaired) electrons. The number of ether oxygens (including phenoxy) is 1. The van der Waals surface area contributed by atoms with Crippen molar-refractivity contribution in [3.05, 3.63) is 69.6 Å². The first-order valence-electron chi connectivity index (χ1n) is 9.42. The number of amides is 1. The minimum atomic E-state index is -0.876. The predicted octanol–water partition coefficient (Wildman–Crippen LogP) is 3.54. The Hall–Kier alpha value is -2.73. The molecule has 2 aliphatic rings. The quantitative estimate of drug-likeness (QED) is 0.635. The van der Waals surface area contributed by atoms with Crippen LogP contribution in [0.2, 0.25) is 0 Å². The molecule has 1 aliphatic carbocycles. The molecule has 5 nitrogen and oxygen atoms in total. The fourth-order valence-corrected chi connectivity index (χ4v) is 5.06. The molecule has 0 saturated heterocycles. The second kappa shape index (κ2) is 7.72. The lowest BCUT2D eigenvalue weighted by Crippen LogP contribution is -2.44. The Morgan fingerprint density at radius 3 is 2.61 bits per heavy atom. The topological polar surface area (TPSA) is 72.5 Å². The Morgan fingerprint density at radius 2 is 1.93 bits per heavy atom. The monoisotopic (exact) mass is 395 g/mol. The molecular formula is C22H21NO4S. The number of carbonyl (C=O) groups excluding carboxylic acids is 3. The van der Waals surface area contributed by atoms with Crippen molar-refractivity contribution < 1.29 is 19.1 Å². The number of nitrogens with one attached hydrogen (secondary N) is 1. The van der Waals surface area contributed by atoms with Gasteiger partial charge in [0.1, 0.15) is 5.92 Å². The van der Waals surface area contributed by atoms with Crippen LogP contribution in [0.3, 0.4) is 0 Å². The third-order valence-electron chi connectivity index (χ3n) is 5.38. The molecule has 1 aliphatic heterocycles. The first-order chi connectivity index (χ1) is 13.6. The van der Waals surface area contributed by atoms with Gasteiger partial charge in [-0.1, -0.05) is 36.4 Å². The molecule has 1 N–H and O–H groups in total. The Morgan fingerprint density at radius 1 is 1.14 bits per heavy atom. The number of hydrogen-bond acceptors (Lipinski definition) is 5. The van der Waals surface area contributed by atoms with Crippen molar-refractivity contribution in [2.75, 3.05) is 6.61 Å². The molecule has 0 fully saturated rings. The van der Waals surface area contributed by atoms with Crippen molar-refractivity contribution in [2.24, 2.45) is 5.92 Å². The number of ketones is 1. The van der Waals surface area contributed by atoms with Gasteiger partial charge in [0, 0.05) is 34.4 Å². The molecule has 2 aromatic rings. The minimum absolute atomic E-state index is 0.0973. The van der Waals surface area contributed by atoms with Crippen molar-refractivity contribution in [1.29, 1.82) is 0 Å². The van der Waals surface area contributed by atoms with Gasteiger partial charge in [0.05, 0.1) is 6.61 Å². The van der Waals surface area contributed by atoms with Crippen LogP contribution >= 0.6 is 11.3 Å². The second-order valence-electron chi connectivity index (χ2n) is 7.03. The Labute approximate surface area is 167 Å². The van der Waals surface area contributed by atoms with Crippen molar-refractivity contribution >= 4 is 29.0 Å². The average Bonchev–Trinajstić information content (AvgIpc) is 3.22. The number of thiophene rings is 1. The van der Waals surface area contributed by atoms with E-state index in [1.165, 1.54) is 11.3 Å². The maximum atomic E-state index is 13.6. The van der Waals surface area contributed by atoms with Crippen LogP contribution in [0.4, 0.5) is 0 Å². The van der Waals surface area contributed by atoms with Gasteiger partial charge in [-0.05, 0) is 30.4 Å². The molecule has 0 saturated carbocycles. The second-order valence-corrected chi connectivity index (χ2v) is 8.01. The van der Waals surface area contributed by atoms with E-state index in [4.69, 9.17) is 4.74 Å². The van der Waals surface area contributed by atoms with Gasteiger partial charge in [0.25, 0.3) is 0 Å². The fourth-order valence-electron chi connectivity index (χ4n) is 4.19. The molecule has 3 atom stereocenters. The highest BCUT2D eigenvalue weighted by atomic mass is 32.1. The summed E-state index contributed by atoms with van der Waals surface area (Å²) in [5.41, 5.74) is 2.11. The first-order valence-corrected chi connectivity index (χ1v) is 10.3. The van der Waals surface area contributed by atoms with Gasteiger partial charge in [-0.2, -0.15) is 0 Å². The summed E-state index contributed by atoms with van der Waals surface area (Å²) >= 11 is 1.51. The van der Waals surface area contributed by atoms with E-state index in [0.29, 0.717) is 17.7 Å². The maximum Gasteiger partial charge on any atom is 0.317 e. The van der Waals surface area contributed by atoms with Gasteiger partial charge in [-0.25, -0.2) is 0 Å². The zero-order chi connectivity index (χ0) is 19.7. The average molecular weight is 395 g/mol. The van der Waals surface area contributed by atoms with E-state index in [1.807, 2.05) is 47.8 Å². The lowest BCUT2D eigenvalue weighted by atomic mass is 9.69. The zero-order valence-electron chi connectivity index (χ0n) is 15.5. The highest BCUT2D eigenvalue weighted by molar-refractivity contribution is 7.10. The SMILES string of the molecule is CCOC(=O)[C@H]1C(=O)C2=C(C[C@@H]1c1cccs1)NC(=O)C[C@@H]2c1ccccc1. The summed E-state index contributed by atoms with van der Waals surface area (Å²) in [5, 5.41) is 4.83. The number of esters is 1. The Kier molecular flexibility index (Phi) is 5.13. The molecule has 0 bridgehead atoms. The van der Waals surface area contributed by atoms with Crippen LogP contribution in [-0.4, -0.2) is 24.3 Å². The number of carbonyl (C=O) groups is 3. The van der Waals surface area contributed by atoms with Gasteiger partial charge in [0.15, 0.2) is 5.78 Å². The number of rotatable bonds is 4.